The number of carbonyl (C=O) groups is 2. The van der Waals surface area contributed by atoms with Crippen LogP contribution in [0.5, 0.6) is 5.75 Å². The summed E-state index contributed by atoms with van der Waals surface area (Å²) in [6, 6.07) is 4.72. The molecule has 166 valence electrons. The Balaban J connectivity index is 2.00. The van der Waals surface area contributed by atoms with Gasteiger partial charge in [-0.25, -0.2) is 23.7 Å². The summed E-state index contributed by atoms with van der Waals surface area (Å²) < 4.78 is 33.2. The summed E-state index contributed by atoms with van der Waals surface area (Å²) in [5.74, 6) is -2.75. The van der Waals surface area contributed by atoms with Gasteiger partial charge in [-0.15, -0.1) is 0 Å². The number of benzene rings is 1. The Kier molecular flexibility index (Phi) is 6.57. The van der Waals surface area contributed by atoms with Gasteiger partial charge in [0.25, 0.3) is 11.8 Å². The molecule has 0 fully saturated rings. The van der Waals surface area contributed by atoms with E-state index < -0.39 is 34.8 Å². The Morgan fingerprint density at radius 2 is 1.72 bits per heavy atom. The Hall–Kier alpha value is -4.15. The summed E-state index contributed by atoms with van der Waals surface area (Å²) in [4.78, 5) is 37.7. The second-order valence-corrected chi connectivity index (χ2v) is 6.65. The van der Waals surface area contributed by atoms with Gasteiger partial charge in [0.2, 0.25) is 0 Å². The van der Waals surface area contributed by atoms with Crippen LogP contribution in [0, 0.1) is 25.5 Å². The van der Waals surface area contributed by atoms with Crippen molar-refractivity contribution in [2.75, 3.05) is 24.8 Å². The topological polar surface area (TPSA) is 118 Å². The van der Waals surface area contributed by atoms with Gasteiger partial charge in [-0.2, -0.15) is 0 Å². The maximum Gasteiger partial charge on any atom is 0.262 e. The molecule has 3 N–H and O–H groups in total. The van der Waals surface area contributed by atoms with Crippen LogP contribution < -0.4 is 20.7 Å². The van der Waals surface area contributed by atoms with Crippen molar-refractivity contribution in [1.29, 1.82) is 0 Å². The van der Waals surface area contributed by atoms with Crippen molar-refractivity contribution in [2.45, 2.75) is 13.8 Å². The summed E-state index contributed by atoms with van der Waals surface area (Å²) in [5, 5.41) is 7.83. The molecular weight excluding hydrogens is 422 g/mol. The summed E-state index contributed by atoms with van der Waals surface area (Å²) in [5.41, 5.74) is 0.116. The number of hydrogen-bond acceptors (Lipinski definition) is 7. The van der Waals surface area contributed by atoms with Crippen molar-refractivity contribution in [3.05, 3.63) is 64.7 Å². The third-order valence-electron chi connectivity index (χ3n) is 4.34. The highest BCUT2D eigenvalue weighted by Crippen LogP contribution is 2.28. The SMILES string of the molecule is CNC(=O)c1cnc(Nc2cc(C)nc(C)n2)cc1NC(=O)c1c(F)ccc(F)c1OC. The van der Waals surface area contributed by atoms with E-state index in [1.54, 1.807) is 19.9 Å². The molecule has 0 atom stereocenters. The number of aromatic nitrogens is 3. The minimum Gasteiger partial charge on any atom is -0.493 e. The molecule has 0 spiro atoms. The molecule has 11 heteroatoms. The van der Waals surface area contributed by atoms with Gasteiger partial charge in [0, 0.05) is 31.1 Å². The molecule has 2 amide bonds. The molecule has 0 saturated carbocycles. The highest BCUT2D eigenvalue weighted by molar-refractivity contribution is 6.10. The predicted molar refractivity (Wildman–Crippen MR) is 113 cm³/mol. The zero-order valence-corrected chi connectivity index (χ0v) is 17.7. The van der Waals surface area contributed by atoms with Crippen molar-refractivity contribution >= 4 is 29.1 Å². The van der Waals surface area contributed by atoms with Crippen LogP contribution in [0.1, 0.15) is 32.2 Å². The number of pyridine rings is 1. The minimum absolute atomic E-state index is 0.0113. The van der Waals surface area contributed by atoms with Crippen LogP contribution in [-0.2, 0) is 0 Å². The molecule has 0 aliphatic rings. The number of nitrogens with one attached hydrogen (secondary N) is 3. The average molecular weight is 442 g/mol. The maximum absolute atomic E-state index is 14.3. The first kappa shape index (κ1) is 22.5. The van der Waals surface area contributed by atoms with Gasteiger partial charge in [0.05, 0.1) is 18.4 Å². The molecule has 0 radical (unpaired) electrons. The highest BCUT2D eigenvalue weighted by atomic mass is 19.1. The summed E-state index contributed by atoms with van der Waals surface area (Å²) >= 11 is 0. The molecule has 1 aromatic carbocycles. The van der Waals surface area contributed by atoms with Crippen LogP contribution in [0.25, 0.3) is 0 Å². The molecule has 2 heterocycles. The first-order chi connectivity index (χ1) is 15.2. The van der Waals surface area contributed by atoms with Crippen molar-refractivity contribution in [2.24, 2.45) is 0 Å². The minimum atomic E-state index is -1.00. The standard InChI is InChI=1S/C21H20F2N6O3/c1-10-7-17(27-11(2)26-10)29-16-8-15(12(9-25-16)20(30)24-3)28-21(31)18-13(22)5-6-14(23)19(18)32-4/h5-9H,1-4H3,(H,24,30)(H2,25,26,27,28,29,31). The van der Waals surface area contributed by atoms with Crippen molar-refractivity contribution in [3.8, 4) is 5.75 Å². The smallest absolute Gasteiger partial charge is 0.262 e. The number of nitrogens with zero attached hydrogens (tertiary/aromatic N) is 3. The third-order valence-corrected chi connectivity index (χ3v) is 4.34. The van der Waals surface area contributed by atoms with Crippen LogP contribution in [0.3, 0.4) is 0 Å². The fourth-order valence-electron chi connectivity index (χ4n) is 2.98. The predicted octanol–water partition coefficient (Wildman–Crippen LogP) is 3.13. The van der Waals surface area contributed by atoms with E-state index in [0.29, 0.717) is 11.6 Å². The van der Waals surface area contributed by atoms with Crippen molar-refractivity contribution < 1.29 is 23.1 Å². The first-order valence-electron chi connectivity index (χ1n) is 9.38. The van der Waals surface area contributed by atoms with E-state index in [1.807, 2.05) is 0 Å². The van der Waals surface area contributed by atoms with Crippen LogP contribution in [0.4, 0.5) is 26.1 Å². The number of halogens is 2. The number of hydrogen-bond donors (Lipinski definition) is 3. The lowest BCUT2D eigenvalue weighted by Crippen LogP contribution is -2.23. The first-order valence-corrected chi connectivity index (χ1v) is 9.38. The van der Waals surface area contributed by atoms with Crippen molar-refractivity contribution in [3.63, 3.8) is 0 Å². The Morgan fingerprint density at radius 1 is 1.00 bits per heavy atom. The Morgan fingerprint density at radius 3 is 2.38 bits per heavy atom. The molecular formula is C21H20F2N6O3. The molecule has 0 aliphatic carbocycles. The largest absolute Gasteiger partial charge is 0.493 e. The van der Waals surface area contributed by atoms with Gasteiger partial charge < -0.3 is 20.7 Å². The van der Waals surface area contributed by atoms with Gasteiger partial charge in [-0.05, 0) is 26.0 Å². The van der Waals surface area contributed by atoms with Crippen LogP contribution in [-0.4, -0.2) is 40.9 Å². The Labute approximate surface area is 182 Å². The lowest BCUT2D eigenvalue weighted by molar-refractivity contribution is 0.0963. The quantitative estimate of drug-likeness (QED) is 0.537. The number of carbonyl (C=O) groups excluding carboxylic acids is 2. The van der Waals surface area contributed by atoms with Gasteiger partial charge in [0.15, 0.2) is 11.6 Å². The van der Waals surface area contributed by atoms with E-state index in [4.69, 9.17) is 4.74 Å². The average Bonchev–Trinajstić information content (AvgIpc) is 2.74. The molecule has 0 unspecified atom stereocenters. The van der Waals surface area contributed by atoms with E-state index in [2.05, 4.69) is 30.9 Å². The van der Waals surface area contributed by atoms with Crippen LogP contribution >= 0.6 is 0 Å². The number of rotatable bonds is 6. The Bertz CT molecular complexity index is 1180. The molecule has 3 aromatic rings. The van der Waals surface area contributed by atoms with E-state index in [9.17, 15) is 18.4 Å². The van der Waals surface area contributed by atoms with Crippen molar-refractivity contribution in [1.82, 2.24) is 20.3 Å². The fourth-order valence-corrected chi connectivity index (χ4v) is 2.98. The molecule has 3 rings (SSSR count). The summed E-state index contributed by atoms with van der Waals surface area (Å²) in [6.45, 7) is 3.53. The van der Waals surface area contributed by atoms with E-state index in [-0.39, 0.29) is 17.1 Å². The molecule has 0 bridgehead atoms. The third kappa shape index (κ3) is 4.77. The lowest BCUT2D eigenvalue weighted by atomic mass is 10.1. The molecule has 32 heavy (non-hydrogen) atoms. The fraction of sp³-hybridized carbons (Fsp3) is 0.190. The highest BCUT2D eigenvalue weighted by Gasteiger charge is 2.23. The van der Waals surface area contributed by atoms with Gasteiger partial charge in [0.1, 0.15) is 28.8 Å². The van der Waals surface area contributed by atoms with E-state index in [0.717, 1.165) is 24.9 Å². The maximum atomic E-state index is 14.3. The molecule has 2 aromatic heterocycles. The number of anilines is 3. The van der Waals surface area contributed by atoms with E-state index >= 15 is 0 Å². The van der Waals surface area contributed by atoms with Gasteiger partial charge >= 0.3 is 0 Å². The van der Waals surface area contributed by atoms with E-state index in [1.165, 1.54) is 19.3 Å². The van der Waals surface area contributed by atoms with Crippen LogP contribution in [0.2, 0.25) is 0 Å². The molecule has 0 aliphatic heterocycles. The summed E-state index contributed by atoms with van der Waals surface area (Å²) in [6.07, 6.45) is 1.23. The molecule has 0 saturated heterocycles. The second-order valence-electron chi connectivity index (χ2n) is 6.65. The second kappa shape index (κ2) is 9.33. The number of aryl methyl sites for hydroxylation is 2. The number of amides is 2. The monoisotopic (exact) mass is 442 g/mol. The number of methoxy groups -OCH3 is 1. The normalized spacial score (nSPS) is 10.4. The van der Waals surface area contributed by atoms with Gasteiger partial charge in [-0.1, -0.05) is 0 Å². The zero-order valence-electron chi connectivity index (χ0n) is 17.7. The van der Waals surface area contributed by atoms with Gasteiger partial charge in [-0.3, -0.25) is 9.59 Å². The summed E-state index contributed by atoms with van der Waals surface area (Å²) in [7, 11) is 2.52. The number of ether oxygens (including phenoxy) is 1. The lowest BCUT2D eigenvalue weighted by Gasteiger charge is -2.14. The molecule has 9 nitrogen and oxygen atoms in total. The van der Waals surface area contributed by atoms with Crippen LogP contribution in [0.15, 0.2) is 30.5 Å². The zero-order chi connectivity index (χ0) is 23.4.